The molecule has 7 heteroatoms. The Labute approximate surface area is 126 Å². The van der Waals surface area contributed by atoms with E-state index in [0.29, 0.717) is 6.04 Å². The highest BCUT2D eigenvalue weighted by atomic mass is 79.9. The zero-order valence-corrected chi connectivity index (χ0v) is 13.2. The molecule has 0 unspecified atom stereocenters. The van der Waals surface area contributed by atoms with Crippen molar-refractivity contribution in [3.05, 3.63) is 28.9 Å². The van der Waals surface area contributed by atoms with E-state index in [4.69, 9.17) is 0 Å². The number of fused-ring (bicyclic) bond motifs is 1. The van der Waals surface area contributed by atoms with Gasteiger partial charge in [0.05, 0.1) is 17.2 Å². The summed E-state index contributed by atoms with van der Waals surface area (Å²) in [6.45, 7) is 1.95. The molecule has 0 bridgehead atoms. The van der Waals surface area contributed by atoms with Crippen LogP contribution in [0.3, 0.4) is 0 Å². The Morgan fingerprint density at radius 2 is 2.00 bits per heavy atom. The molecule has 3 heterocycles. The van der Waals surface area contributed by atoms with Crippen molar-refractivity contribution in [3.63, 3.8) is 0 Å². The minimum atomic E-state index is -0.0186. The van der Waals surface area contributed by atoms with E-state index in [-0.39, 0.29) is 39.7 Å². The Morgan fingerprint density at radius 1 is 1.28 bits per heavy atom. The number of rotatable bonds is 1. The van der Waals surface area contributed by atoms with Gasteiger partial charge in [0, 0.05) is 12.2 Å². The van der Waals surface area contributed by atoms with Gasteiger partial charge in [0.2, 0.25) is 0 Å². The van der Waals surface area contributed by atoms with Crippen molar-refractivity contribution in [1.29, 1.82) is 0 Å². The van der Waals surface area contributed by atoms with Gasteiger partial charge in [-0.2, -0.15) is 0 Å². The highest BCUT2D eigenvalue weighted by Gasteiger charge is 2.19. The van der Waals surface area contributed by atoms with Crippen molar-refractivity contribution in [2.75, 3.05) is 13.1 Å². The molecular formula is C11H16Br2N4O. The van der Waals surface area contributed by atoms with Crippen molar-refractivity contribution in [3.8, 4) is 0 Å². The number of aromatic amines is 1. The smallest absolute Gasteiger partial charge is 0.317 e. The first-order valence-corrected chi connectivity index (χ1v) is 5.61. The maximum Gasteiger partial charge on any atom is 0.326 e. The molecule has 0 atom stereocenters. The van der Waals surface area contributed by atoms with E-state index in [2.05, 4.69) is 15.3 Å². The first-order chi connectivity index (χ1) is 7.86. The van der Waals surface area contributed by atoms with Crippen LogP contribution < -0.4 is 11.0 Å². The predicted molar refractivity (Wildman–Crippen MR) is 82.1 cm³/mol. The largest absolute Gasteiger partial charge is 0.326 e. The lowest BCUT2D eigenvalue weighted by atomic mass is 10.1. The second-order valence-corrected chi connectivity index (χ2v) is 4.17. The average Bonchev–Trinajstić information content (AvgIpc) is 2.66. The first-order valence-electron chi connectivity index (χ1n) is 5.61. The molecule has 0 amide bonds. The Kier molecular flexibility index (Phi) is 5.55. The van der Waals surface area contributed by atoms with Gasteiger partial charge in [0.25, 0.3) is 0 Å². The number of nitrogens with one attached hydrogen (secondary N) is 2. The Hall–Kier alpha value is -0.660. The van der Waals surface area contributed by atoms with Crippen molar-refractivity contribution < 1.29 is 0 Å². The topological polar surface area (TPSA) is 62.7 Å². The lowest BCUT2D eigenvalue weighted by molar-refractivity contribution is 0.368. The van der Waals surface area contributed by atoms with E-state index >= 15 is 0 Å². The molecule has 2 aromatic heterocycles. The van der Waals surface area contributed by atoms with Crippen LogP contribution in [0.5, 0.6) is 0 Å². The summed E-state index contributed by atoms with van der Waals surface area (Å²) in [5.41, 5.74) is 1.77. The zero-order valence-electron chi connectivity index (χ0n) is 9.76. The molecule has 100 valence electrons. The molecule has 0 saturated carbocycles. The number of H-pyrrole nitrogens is 1. The van der Waals surface area contributed by atoms with Gasteiger partial charge in [-0.3, -0.25) is 9.55 Å². The van der Waals surface area contributed by atoms with E-state index in [1.54, 1.807) is 12.4 Å². The summed E-state index contributed by atoms with van der Waals surface area (Å²) >= 11 is 0. The van der Waals surface area contributed by atoms with E-state index in [1.807, 2.05) is 10.6 Å². The molecule has 3 rings (SSSR count). The molecule has 2 aromatic rings. The fourth-order valence-electron chi connectivity index (χ4n) is 2.40. The molecule has 5 nitrogen and oxygen atoms in total. The minimum Gasteiger partial charge on any atom is -0.317 e. The second-order valence-electron chi connectivity index (χ2n) is 4.17. The second kappa shape index (κ2) is 6.49. The molecule has 18 heavy (non-hydrogen) atoms. The Morgan fingerprint density at radius 3 is 2.72 bits per heavy atom. The van der Waals surface area contributed by atoms with E-state index in [0.717, 1.165) is 37.0 Å². The minimum absolute atomic E-state index is 0. The van der Waals surface area contributed by atoms with Crippen LogP contribution in [0.1, 0.15) is 18.9 Å². The summed E-state index contributed by atoms with van der Waals surface area (Å²) in [5, 5.41) is 3.30. The SMILES string of the molecule is Br.Br.O=c1[nH]c2ccncc2n1C1CCNCC1. The molecule has 0 aliphatic carbocycles. The van der Waals surface area contributed by atoms with Gasteiger partial charge in [-0.25, -0.2) is 4.79 Å². The summed E-state index contributed by atoms with van der Waals surface area (Å²) in [4.78, 5) is 18.9. The van der Waals surface area contributed by atoms with Gasteiger partial charge in [0.1, 0.15) is 0 Å². The highest BCUT2D eigenvalue weighted by molar-refractivity contribution is 8.93. The average molecular weight is 380 g/mol. The summed E-state index contributed by atoms with van der Waals surface area (Å²) in [5.74, 6) is 0. The third-order valence-corrected chi connectivity index (χ3v) is 3.19. The van der Waals surface area contributed by atoms with Gasteiger partial charge < -0.3 is 10.3 Å². The number of aromatic nitrogens is 3. The maximum atomic E-state index is 11.9. The summed E-state index contributed by atoms with van der Waals surface area (Å²) < 4.78 is 1.85. The van der Waals surface area contributed by atoms with E-state index in [1.165, 1.54) is 0 Å². The van der Waals surface area contributed by atoms with E-state index in [9.17, 15) is 4.79 Å². The van der Waals surface area contributed by atoms with Crippen molar-refractivity contribution >= 4 is 45.0 Å². The fraction of sp³-hybridized carbons (Fsp3) is 0.455. The number of pyridine rings is 1. The third kappa shape index (κ3) is 2.67. The number of imidazole rings is 1. The molecule has 0 aromatic carbocycles. The van der Waals surface area contributed by atoms with Gasteiger partial charge in [-0.15, -0.1) is 34.0 Å². The van der Waals surface area contributed by atoms with Gasteiger partial charge in [0.15, 0.2) is 0 Å². The summed E-state index contributed by atoms with van der Waals surface area (Å²) in [6, 6.07) is 2.14. The van der Waals surface area contributed by atoms with Crippen LogP contribution in [-0.2, 0) is 0 Å². The van der Waals surface area contributed by atoms with Crippen molar-refractivity contribution in [1.82, 2.24) is 19.9 Å². The Bertz CT molecular complexity index is 559. The quantitative estimate of drug-likeness (QED) is 0.794. The van der Waals surface area contributed by atoms with Crippen LogP contribution in [0.2, 0.25) is 0 Å². The molecule has 1 aliphatic rings. The van der Waals surface area contributed by atoms with Crippen molar-refractivity contribution in [2.45, 2.75) is 18.9 Å². The number of nitrogens with zero attached hydrogens (tertiary/aromatic N) is 2. The molecule has 2 N–H and O–H groups in total. The summed E-state index contributed by atoms with van der Waals surface area (Å²) in [6.07, 6.45) is 5.46. The van der Waals surface area contributed by atoms with E-state index < -0.39 is 0 Å². The molecule has 1 aliphatic heterocycles. The Balaban J connectivity index is 0.000000810. The monoisotopic (exact) mass is 378 g/mol. The summed E-state index contributed by atoms with van der Waals surface area (Å²) in [7, 11) is 0. The standard InChI is InChI=1S/C11H14N4O.2BrH/c16-11-14-9-3-6-13-7-10(9)15(11)8-1-4-12-5-2-8;;/h3,6-8,12H,1-2,4-5H2,(H,14,16);2*1H. The van der Waals surface area contributed by atoms with Gasteiger partial charge in [-0.05, 0) is 32.0 Å². The third-order valence-electron chi connectivity index (χ3n) is 3.19. The normalized spacial score (nSPS) is 16.0. The molecule has 1 fully saturated rings. The van der Waals surface area contributed by atoms with Crippen LogP contribution in [0, 0.1) is 0 Å². The molecular weight excluding hydrogens is 364 g/mol. The lowest BCUT2D eigenvalue weighted by Crippen LogP contribution is -2.33. The van der Waals surface area contributed by atoms with Crippen LogP contribution in [0.25, 0.3) is 11.0 Å². The zero-order chi connectivity index (χ0) is 11.0. The number of halogens is 2. The lowest BCUT2D eigenvalue weighted by Gasteiger charge is -2.23. The maximum absolute atomic E-state index is 11.9. The molecule has 1 saturated heterocycles. The number of piperidine rings is 1. The highest BCUT2D eigenvalue weighted by Crippen LogP contribution is 2.20. The van der Waals surface area contributed by atoms with Crippen LogP contribution in [0.4, 0.5) is 0 Å². The van der Waals surface area contributed by atoms with Crippen molar-refractivity contribution in [2.24, 2.45) is 0 Å². The first kappa shape index (κ1) is 15.4. The van der Waals surface area contributed by atoms with Crippen LogP contribution >= 0.6 is 34.0 Å². The van der Waals surface area contributed by atoms with Gasteiger partial charge in [-0.1, -0.05) is 0 Å². The molecule has 0 spiro atoms. The van der Waals surface area contributed by atoms with Crippen LogP contribution in [0.15, 0.2) is 23.3 Å². The van der Waals surface area contributed by atoms with Crippen LogP contribution in [-0.4, -0.2) is 27.6 Å². The number of hydrogen-bond acceptors (Lipinski definition) is 3. The number of hydrogen-bond donors (Lipinski definition) is 2. The predicted octanol–water partition coefficient (Wildman–Crippen LogP) is 1.80. The van der Waals surface area contributed by atoms with Gasteiger partial charge >= 0.3 is 5.69 Å². The fourth-order valence-corrected chi connectivity index (χ4v) is 2.40. The molecule has 0 radical (unpaired) electrons.